The molecular weight excluding hydrogens is 346 g/mol. The van der Waals surface area contributed by atoms with Gasteiger partial charge in [-0.05, 0) is 36.6 Å². The Morgan fingerprint density at radius 3 is 2.32 bits per heavy atom. The summed E-state index contributed by atoms with van der Waals surface area (Å²) in [5.74, 6) is -0.0211. The summed E-state index contributed by atoms with van der Waals surface area (Å²) in [5, 5.41) is 0. The van der Waals surface area contributed by atoms with Crippen molar-refractivity contribution < 1.29 is 4.79 Å². The molecule has 4 heteroatoms. The number of hydrogen-bond acceptors (Lipinski definition) is 3. The summed E-state index contributed by atoms with van der Waals surface area (Å²) in [4.78, 5) is 15.2. The van der Waals surface area contributed by atoms with Gasteiger partial charge in [0.05, 0.1) is 10.9 Å². The van der Waals surface area contributed by atoms with Gasteiger partial charge in [0, 0.05) is 0 Å². The molecule has 1 heterocycles. The number of allylic oxidation sites excluding steroid dienone is 2. The number of thioether (sulfide) groups is 1. The first-order valence-corrected chi connectivity index (χ1v) is 9.34. The van der Waals surface area contributed by atoms with Gasteiger partial charge in [0.2, 0.25) is 0 Å². The number of rotatable bonds is 4. The topological polar surface area (TPSA) is 20.3 Å². The molecule has 25 heavy (non-hydrogen) atoms. The van der Waals surface area contributed by atoms with Gasteiger partial charge in [-0.3, -0.25) is 9.69 Å². The first-order valence-electron chi connectivity index (χ1n) is 8.11. The van der Waals surface area contributed by atoms with E-state index in [0.717, 1.165) is 16.7 Å². The van der Waals surface area contributed by atoms with Gasteiger partial charge in [-0.25, -0.2) is 0 Å². The van der Waals surface area contributed by atoms with E-state index in [1.807, 2.05) is 80.6 Å². The summed E-state index contributed by atoms with van der Waals surface area (Å²) in [6, 6.07) is 20.0. The van der Waals surface area contributed by atoms with Crippen LogP contribution >= 0.6 is 24.0 Å². The number of amides is 1. The fraction of sp³-hybridized carbons (Fsp3) is 0.143. The summed E-state index contributed by atoms with van der Waals surface area (Å²) in [7, 11) is 0. The molecule has 0 radical (unpaired) electrons. The Morgan fingerprint density at radius 2 is 1.68 bits per heavy atom. The Hall–Kier alpha value is -2.17. The summed E-state index contributed by atoms with van der Waals surface area (Å²) >= 11 is 6.83. The minimum Gasteiger partial charge on any atom is -0.286 e. The predicted octanol–water partition coefficient (Wildman–Crippen LogP) is 5.60. The number of carbonyl (C=O) groups is 1. The van der Waals surface area contributed by atoms with Crippen molar-refractivity contribution in [3.63, 3.8) is 0 Å². The van der Waals surface area contributed by atoms with Crippen molar-refractivity contribution in [1.29, 1.82) is 0 Å². The molecule has 1 atom stereocenters. The lowest BCUT2D eigenvalue weighted by molar-refractivity contribution is -0.123. The lowest BCUT2D eigenvalue weighted by atomic mass is 10.1. The summed E-state index contributed by atoms with van der Waals surface area (Å²) < 4.78 is 0.611. The van der Waals surface area contributed by atoms with Crippen LogP contribution in [0.1, 0.15) is 31.0 Å². The molecule has 0 saturated carbocycles. The average Bonchev–Trinajstić information content (AvgIpc) is 2.89. The molecule has 0 N–H and O–H groups in total. The van der Waals surface area contributed by atoms with E-state index in [1.165, 1.54) is 11.8 Å². The Bertz CT molecular complexity index is 841. The smallest absolute Gasteiger partial charge is 0.266 e. The van der Waals surface area contributed by atoms with Crippen LogP contribution in [0.25, 0.3) is 6.08 Å². The maximum absolute atomic E-state index is 12.8. The van der Waals surface area contributed by atoms with Gasteiger partial charge in [-0.2, -0.15) is 0 Å². The zero-order valence-corrected chi connectivity index (χ0v) is 15.8. The summed E-state index contributed by atoms with van der Waals surface area (Å²) in [5.41, 5.74) is 3.22. The van der Waals surface area contributed by atoms with E-state index < -0.39 is 0 Å². The highest BCUT2D eigenvalue weighted by molar-refractivity contribution is 8.26. The first kappa shape index (κ1) is 17.6. The Kier molecular flexibility index (Phi) is 5.51. The van der Waals surface area contributed by atoms with E-state index in [4.69, 9.17) is 12.2 Å². The molecular formula is C21H19NOS2. The standard InChI is InChI=1S/C21H19NOS2/c1-15(13-17-9-5-3-6-10-17)14-19-20(23)22(21(24)25-19)16(2)18-11-7-4-8-12-18/h3-14,16H,1-2H3/b15-13+,19-14-/t16-/m0/s1. The molecule has 0 bridgehead atoms. The number of thiocarbonyl (C=S) groups is 1. The van der Waals surface area contributed by atoms with E-state index in [0.29, 0.717) is 9.23 Å². The Balaban J connectivity index is 1.82. The fourth-order valence-electron chi connectivity index (χ4n) is 2.75. The lowest BCUT2D eigenvalue weighted by Gasteiger charge is -2.23. The quantitative estimate of drug-likeness (QED) is 0.520. The van der Waals surface area contributed by atoms with Gasteiger partial charge in [0.25, 0.3) is 5.91 Å². The highest BCUT2D eigenvalue weighted by Crippen LogP contribution is 2.37. The van der Waals surface area contributed by atoms with Gasteiger partial charge in [-0.15, -0.1) is 0 Å². The second-order valence-electron chi connectivity index (χ2n) is 5.94. The average molecular weight is 366 g/mol. The maximum atomic E-state index is 12.8. The van der Waals surface area contributed by atoms with Crippen molar-refractivity contribution in [2.45, 2.75) is 19.9 Å². The molecule has 126 valence electrons. The monoisotopic (exact) mass is 365 g/mol. The third-order valence-electron chi connectivity index (χ3n) is 4.05. The van der Waals surface area contributed by atoms with E-state index in [9.17, 15) is 4.79 Å². The summed E-state index contributed by atoms with van der Waals surface area (Å²) in [6.07, 6.45) is 3.98. The van der Waals surface area contributed by atoms with Crippen molar-refractivity contribution in [2.24, 2.45) is 0 Å². The Labute approximate surface area is 158 Å². The van der Waals surface area contributed by atoms with Gasteiger partial charge in [-0.1, -0.05) is 90.7 Å². The van der Waals surface area contributed by atoms with Crippen molar-refractivity contribution in [3.8, 4) is 0 Å². The molecule has 2 nitrogen and oxygen atoms in total. The summed E-state index contributed by atoms with van der Waals surface area (Å²) in [6.45, 7) is 4.01. The Morgan fingerprint density at radius 1 is 1.08 bits per heavy atom. The normalized spacial score (nSPS) is 18.1. The molecule has 1 amide bonds. The van der Waals surface area contributed by atoms with E-state index in [2.05, 4.69) is 6.08 Å². The van der Waals surface area contributed by atoms with Gasteiger partial charge in [0.15, 0.2) is 0 Å². The van der Waals surface area contributed by atoms with E-state index >= 15 is 0 Å². The second-order valence-corrected chi connectivity index (χ2v) is 7.61. The highest BCUT2D eigenvalue weighted by atomic mass is 32.2. The van der Waals surface area contributed by atoms with Crippen molar-refractivity contribution in [3.05, 3.63) is 88.3 Å². The van der Waals surface area contributed by atoms with Crippen LogP contribution in [-0.4, -0.2) is 15.1 Å². The molecule has 3 rings (SSSR count). The number of benzene rings is 2. The van der Waals surface area contributed by atoms with E-state index in [-0.39, 0.29) is 11.9 Å². The minimum absolute atomic E-state index is 0.0211. The van der Waals surface area contributed by atoms with Crippen LogP contribution in [0.2, 0.25) is 0 Å². The molecule has 2 aromatic carbocycles. The van der Waals surface area contributed by atoms with Crippen molar-refractivity contribution in [2.75, 3.05) is 0 Å². The van der Waals surface area contributed by atoms with Crippen LogP contribution in [0, 0.1) is 0 Å². The minimum atomic E-state index is -0.0713. The molecule has 1 fully saturated rings. The second kappa shape index (κ2) is 7.81. The van der Waals surface area contributed by atoms with Crippen molar-refractivity contribution in [1.82, 2.24) is 4.90 Å². The SMILES string of the molecule is CC(/C=C1\SC(=S)N([C@@H](C)c2ccccc2)C1=O)=C\c1ccccc1. The third-order valence-corrected chi connectivity index (χ3v) is 5.38. The van der Waals surface area contributed by atoms with Gasteiger partial charge in [0.1, 0.15) is 4.32 Å². The maximum Gasteiger partial charge on any atom is 0.266 e. The largest absolute Gasteiger partial charge is 0.286 e. The number of carbonyl (C=O) groups excluding carboxylic acids is 1. The van der Waals surface area contributed by atoms with Crippen LogP contribution in [-0.2, 0) is 4.79 Å². The van der Waals surface area contributed by atoms with Gasteiger partial charge >= 0.3 is 0 Å². The highest BCUT2D eigenvalue weighted by Gasteiger charge is 2.35. The molecule has 0 unspecified atom stereocenters. The number of nitrogens with zero attached hydrogens (tertiary/aromatic N) is 1. The zero-order chi connectivity index (χ0) is 17.8. The molecule has 1 saturated heterocycles. The third kappa shape index (κ3) is 4.09. The molecule has 0 spiro atoms. The molecule has 1 aliphatic rings. The van der Waals surface area contributed by atoms with Crippen LogP contribution in [0.3, 0.4) is 0 Å². The van der Waals surface area contributed by atoms with Crippen LogP contribution < -0.4 is 0 Å². The molecule has 2 aromatic rings. The van der Waals surface area contributed by atoms with Crippen LogP contribution in [0.4, 0.5) is 0 Å². The van der Waals surface area contributed by atoms with Gasteiger partial charge < -0.3 is 0 Å². The van der Waals surface area contributed by atoms with Crippen LogP contribution in [0.15, 0.2) is 77.2 Å². The van der Waals surface area contributed by atoms with E-state index in [1.54, 1.807) is 4.90 Å². The van der Waals surface area contributed by atoms with Crippen molar-refractivity contribution >= 4 is 40.3 Å². The number of hydrogen-bond donors (Lipinski definition) is 0. The fourth-order valence-corrected chi connectivity index (χ4v) is 4.22. The molecule has 1 aliphatic heterocycles. The molecule has 0 aromatic heterocycles. The van der Waals surface area contributed by atoms with Crippen LogP contribution in [0.5, 0.6) is 0 Å². The zero-order valence-electron chi connectivity index (χ0n) is 14.2. The molecule has 0 aliphatic carbocycles. The lowest BCUT2D eigenvalue weighted by Crippen LogP contribution is -2.31. The first-order chi connectivity index (χ1) is 12.1. The predicted molar refractivity (Wildman–Crippen MR) is 110 cm³/mol.